The van der Waals surface area contributed by atoms with Gasteiger partial charge in [0.15, 0.2) is 5.65 Å². The SMILES string of the molecule is FC(F)(F)c1cc(C2CC2c2cc(Cl)nn3ccnc23)cc2cccnc12. The molecule has 0 saturated heterocycles. The first-order valence-corrected chi connectivity index (χ1v) is 8.75. The second-order valence-corrected chi connectivity index (χ2v) is 7.10. The molecule has 3 heterocycles. The predicted molar refractivity (Wildman–Crippen MR) is 94.8 cm³/mol. The molecule has 4 nitrogen and oxygen atoms in total. The summed E-state index contributed by atoms with van der Waals surface area (Å²) in [7, 11) is 0. The van der Waals surface area contributed by atoms with Crippen molar-refractivity contribution >= 4 is 28.2 Å². The summed E-state index contributed by atoms with van der Waals surface area (Å²) in [6.45, 7) is 0. The van der Waals surface area contributed by atoms with Crippen molar-refractivity contribution in [3.05, 3.63) is 70.8 Å². The van der Waals surface area contributed by atoms with Crippen LogP contribution in [0.1, 0.15) is 34.9 Å². The van der Waals surface area contributed by atoms with Crippen molar-refractivity contribution in [2.24, 2.45) is 0 Å². The zero-order valence-electron chi connectivity index (χ0n) is 13.8. The summed E-state index contributed by atoms with van der Waals surface area (Å²) in [5, 5.41) is 4.98. The van der Waals surface area contributed by atoms with E-state index >= 15 is 0 Å². The lowest BCUT2D eigenvalue weighted by molar-refractivity contribution is -0.136. The number of rotatable bonds is 2. The van der Waals surface area contributed by atoms with Crippen molar-refractivity contribution in [1.29, 1.82) is 0 Å². The van der Waals surface area contributed by atoms with Crippen LogP contribution in [0.3, 0.4) is 0 Å². The molecule has 0 radical (unpaired) electrons. The number of pyridine rings is 1. The Morgan fingerprint density at radius 3 is 2.74 bits per heavy atom. The fraction of sp³-hybridized carbons (Fsp3) is 0.211. The number of nitrogens with zero attached hydrogens (tertiary/aromatic N) is 4. The van der Waals surface area contributed by atoms with Gasteiger partial charge in [-0.15, -0.1) is 0 Å². The first-order chi connectivity index (χ1) is 12.9. The average Bonchev–Trinajstić information content (AvgIpc) is 3.29. The molecule has 0 amide bonds. The number of aromatic nitrogens is 4. The second-order valence-electron chi connectivity index (χ2n) is 6.71. The number of hydrogen-bond acceptors (Lipinski definition) is 3. The Balaban J connectivity index is 1.60. The maximum Gasteiger partial charge on any atom is 0.418 e. The Morgan fingerprint density at radius 2 is 1.93 bits per heavy atom. The molecule has 1 saturated carbocycles. The topological polar surface area (TPSA) is 43.1 Å². The van der Waals surface area contributed by atoms with Gasteiger partial charge in [0.25, 0.3) is 0 Å². The van der Waals surface area contributed by atoms with E-state index in [0.29, 0.717) is 21.7 Å². The van der Waals surface area contributed by atoms with E-state index in [1.165, 1.54) is 12.3 Å². The van der Waals surface area contributed by atoms with Crippen LogP contribution in [0.2, 0.25) is 5.15 Å². The molecule has 0 bridgehead atoms. The highest BCUT2D eigenvalue weighted by atomic mass is 35.5. The van der Waals surface area contributed by atoms with E-state index in [4.69, 9.17) is 11.6 Å². The molecule has 0 N–H and O–H groups in total. The fourth-order valence-electron chi connectivity index (χ4n) is 3.73. The number of hydrogen-bond donors (Lipinski definition) is 0. The molecule has 8 heteroatoms. The minimum Gasteiger partial charge on any atom is -0.256 e. The van der Waals surface area contributed by atoms with E-state index in [2.05, 4.69) is 15.1 Å². The first-order valence-electron chi connectivity index (χ1n) is 8.37. The van der Waals surface area contributed by atoms with Crippen molar-refractivity contribution < 1.29 is 13.2 Å². The minimum atomic E-state index is -4.46. The van der Waals surface area contributed by atoms with E-state index in [1.807, 2.05) is 0 Å². The number of halogens is 4. The molecule has 136 valence electrons. The van der Waals surface area contributed by atoms with Gasteiger partial charge in [0.1, 0.15) is 5.15 Å². The van der Waals surface area contributed by atoms with Crippen molar-refractivity contribution in [1.82, 2.24) is 19.6 Å². The van der Waals surface area contributed by atoms with Gasteiger partial charge in [-0.05, 0) is 48.1 Å². The van der Waals surface area contributed by atoms with Crippen LogP contribution in [0.5, 0.6) is 0 Å². The van der Waals surface area contributed by atoms with E-state index in [-0.39, 0.29) is 17.4 Å². The first kappa shape index (κ1) is 16.5. The molecule has 0 spiro atoms. The summed E-state index contributed by atoms with van der Waals surface area (Å²) < 4.78 is 42.2. The number of fused-ring (bicyclic) bond motifs is 2. The molecule has 1 fully saturated rings. The maximum absolute atomic E-state index is 13.5. The fourth-order valence-corrected chi connectivity index (χ4v) is 3.93. The van der Waals surface area contributed by atoms with Crippen LogP contribution in [0.25, 0.3) is 16.6 Å². The molecule has 27 heavy (non-hydrogen) atoms. The summed E-state index contributed by atoms with van der Waals surface area (Å²) in [5.41, 5.74) is 1.54. The molecule has 2 unspecified atom stereocenters. The third kappa shape index (κ3) is 2.73. The monoisotopic (exact) mass is 388 g/mol. The smallest absolute Gasteiger partial charge is 0.256 e. The van der Waals surface area contributed by atoms with Gasteiger partial charge in [-0.3, -0.25) is 4.98 Å². The van der Waals surface area contributed by atoms with Crippen molar-refractivity contribution in [3.63, 3.8) is 0 Å². The van der Waals surface area contributed by atoms with E-state index in [1.54, 1.807) is 41.2 Å². The summed E-state index contributed by atoms with van der Waals surface area (Å²) in [5.74, 6) is 0.0419. The van der Waals surface area contributed by atoms with Gasteiger partial charge in [-0.25, -0.2) is 9.50 Å². The summed E-state index contributed by atoms with van der Waals surface area (Å²) in [6, 6.07) is 8.09. The Hall–Kier alpha value is -2.67. The molecular formula is C19H12ClF3N4. The average molecular weight is 389 g/mol. The van der Waals surface area contributed by atoms with E-state index < -0.39 is 11.7 Å². The quantitative estimate of drug-likeness (QED) is 0.473. The Bertz CT molecular complexity index is 1180. The minimum absolute atomic E-state index is 0.0188. The van der Waals surface area contributed by atoms with Crippen LogP contribution in [0.15, 0.2) is 48.9 Å². The Kier molecular flexibility index (Phi) is 3.46. The molecule has 3 aromatic heterocycles. The van der Waals surface area contributed by atoms with Gasteiger partial charge >= 0.3 is 6.18 Å². The molecule has 1 aromatic carbocycles. The molecule has 0 aliphatic heterocycles. The number of imidazole rings is 1. The summed E-state index contributed by atoms with van der Waals surface area (Å²) in [6.07, 6.45) is 0.995. The molecule has 1 aliphatic rings. The molecule has 2 atom stereocenters. The maximum atomic E-state index is 13.5. The molecular weight excluding hydrogens is 377 g/mol. The largest absolute Gasteiger partial charge is 0.418 e. The van der Waals surface area contributed by atoms with Crippen molar-refractivity contribution in [3.8, 4) is 0 Å². The van der Waals surface area contributed by atoms with Gasteiger partial charge in [-0.1, -0.05) is 17.7 Å². The highest BCUT2D eigenvalue weighted by Crippen LogP contribution is 2.56. The van der Waals surface area contributed by atoms with Crippen LogP contribution in [0, 0.1) is 0 Å². The van der Waals surface area contributed by atoms with Crippen LogP contribution in [0.4, 0.5) is 13.2 Å². The third-order valence-corrected chi connectivity index (χ3v) is 5.19. The van der Waals surface area contributed by atoms with E-state index in [9.17, 15) is 13.2 Å². The molecule has 1 aliphatic carbocycles. The molecule has 4 aromatic rings. The summed E-state index contributed by atoms with van der Waals surface area (Å²) in [4.78, 5) is 8.24. The zero-order valence-corrected chi connectivity index (χ0v) is 14.5. The van der Waals surface area contributed by atoms with Gasteiger partial charge in [0, 0.05) is 29.5 Å². The van der Waals surface area contributed by atoms with Crippen LogP contribution < -0.4 is 0 Å². The Morgan fingerprint density at radius 1 is 1.07 bits per heavy atom. The lowest BCUT2D eigenvalue weighted by Gasteiger charge is -2.12. The number of benzene rings is 1. The van der Waals surface area contributed by atoms with Gasteiger partial charge in [0.05, 0.1) is 11.1 Å². The zero-order chi connectivity index (χ0) is 18.8. The highest BCUT2D eigenvalue weighted by molar-refractivity contribution is 6.29. The second kappa shape index (κ2) is 5.66. The Labute approximate surface area is 156 Å². The lowest BCUT2D eigenvalue weighted by atomic mass is 9.99. The normalized spacial score (nSPS) is 19.7. The van der Waals surface area contributed by atoms with Gasteiger partial charge in [-0.2, -0.15) is 18.3 Å². The van der Waals surface area contributed by atoms with Crippen LogP contribution in [-0.2, 0) is 6.18 Å². The standard InChI is InChI=1S/C19H12ClF3N4/c20-16-9-14(18-25-4-5-27(18)26-16)13-8-12(13)11-6-10-2-1-3-24-17(10)15(7-11)19(21,22)23/h1-7,9,12-13H,8H2. The highest BCUT2D eigenvalue weighted by Gasteiger charge is 2.43. The van der Waals surface area contributed by atoms with Gasteiger partial charge < -0.3 is 0 Å². The van der Waals surface area contributed by atoms with Crippen molar-refractivity contribution in [2.45, 2.75) is 24.4 Å². The number of alkyl halides is 3. The van der Waals surface area contributed by atoms with Crippen molar-refractivity contribution in [2.75, 3.05) is 0 Å². The predicted octanol–water partition coefficient (Wildman–Crippen LogP) is 5.22. The van der Waals surface area contributed by atoms with Crippen LogP contribution in [-0.4, -0.2) is 19.6 Å². The third-order valence-electron chi connectivity index (χ3n) is 5.01. The van der Waals surface area contributed by atoms with Gasteiger partial charge in [0.2, 0.25) is 0 Å². The van der Waals surface area contributed by atoms with E-state index in [0.717, 1.165) is 12.0 Å². The molecule has 5 rings (SSSR count). The lowest BCUT2D eigenvalue weighted by Crippen LogP contribution is -2.07. The van der Waals surface area contributed by atoms with Crippen LogP contribution >= 0.6 is 11.6 Å². The summed E-state index contributed by atoms with van der Waals surface area (Å²) >= 11 is 6.09.